The molecule has 0 spiro atoms. The largest absolute Gasteiger partial charge is 0.312 e. The predicted molar refractivity (Wildman–Crippen MR) is 73.3 cm³/mol. The van der Waals surface area contributed by atoms with Gasteiger partial charge in [0.15, 0.2) is 0 Å². The molecule has 2 nitrogen and oxygen atoms in total. The van der Waals surface area contributed by atoms with E-state index >= 15 is 0 Å². The molecule has 0 atom stereocenters. The van der Waals surface area contributed by atoms with Crippen molar-refractivity contribution >= 4 is 11.6 Å². The van der Waals surface area contributed by atoms with Crippen molar-refractivity contribution in [3.05, 3.63) is 29.6 Å². The Morgan fingerprint density at radius 2 is 2.00 bits per heavy atom. The van der Waals surface area contributed by atoms with E-state index in [1.165, 1.54) is 6.07 Å². The van der Waals surface area contributed by atoms with Crippen LogP contribution in [-0.4, -0.2) is 12.5 Å². The van der Waals surface area contributed by atoms with Crippen molar-refractivity contribution in [1.29, 1.82) is 0 Å². The van der Waals surface area contributed by atoms with Crippen LogP contribution in [0, 0.1) is 12.7 Å². The highest BCUT2D eigenvalue weighted by molar-refractivity contribution is 5.93. The third-order valence-electron chi connectivity index (χ3n) is 2.95. The quantitative estimate of drug-likeness (QED) is 0.746. The zero-order chi connectivity index (χ0) is 13.5. The van der Waals surface area contributed by atoms with Crippen LogP contribution in [0.4, 0.5) is 10.1 Å². The lowest BCUT2D eigenvalue weighted by Crippen LogP contribution is -2.31. The first-order chi connectivity index (χ1) is 8.60. The lowest BCUT2D eigenvalue weighted by molar-refractivity contribution is -0.118. The summed E-state index contributed by atoms with van der Waals surface area (Å²) in [5.74, 6) is -0.103. The van der Waals surface area contributed by atoms with E-state index in [4.69, 9.17) is 0 Å². The molecule has 1 amide bonds. The molecule has 1 aromatic carbocycles. The average molecular weight is 251 g/mol. The number of nitrogens with zero attached hydrogens (tertiary/aromatic N) is 1. The molecule has 0 saturated heterocycles. The van der Waals surface area contributed by atoms with E-state index in [9.17, 15) is 9.18 Å². The highest BCUT2D eigenvalue weighted by Crippen LogP contribution is 2.20. The maximum absolute atomic E-state index is 13.3. The van der Waals surface area contributed by atoms with E-state index in [0.29, 0.717) is 18.5 Å². The molecule has 1 aromatic rings. The van der Waals surface area contributed by atoms with Crippen LogP contribution in [0.25, 0.3) is 0 Å². The topological polar surface area (TPSA) is 20.3 Å². The molecule has 0 saturated carbocycles. The van der Waals surface area contributed by atoms with Crippen molar-refractivity contribution in [2.75, 3.05) is 11.4 Å². The number of anilines is 1. The molecule has 3 heteroatoms. The Morgan fingerprint density at radius 1 is 1.28 bits per heavy atom. The van der Waals surface area contributed by atoms with Crippen LogP contribution < -0.4 is 4.90 Å². The highest BCUT2D eigenvalue weighted by Gasteiger charge is 2.15. The minimum atomic E-state index is -0.225. The first-order valence-electron chi connectivity index (χ1n) is 6.66. The molecule has 0 N–H and O–H groups in total. The smallest absolute Gasteiger partial charge is 0.226 e. The average Bonchev–Trinajstić information content (AvgIpc) is 2.34. The molecule has 18 heavy (non-hydrogen) atoms. The summed E-state index contributed by atoms with van der Waals surface area (Å²) in [4.78, 5) is 13.9. The molecule has 0 unspecified atom stereocenters. The van der Waals surface area contributed by atoms with Gasteiger partial charge in [-0.05, 0) is 43.5 Å². The van der Waals surface area contributed by atoms with Crippen molar-refractivity contribution in [1.82, 2.24) is 0 Å². The summed E-state index contributed by atoms with van der Waals surface area (Å²) in [6.45, 7) is 6.52. The van der Waals surface area contributed by atoms with Crippen molar-refractivity contribution in [2.45, 2.75) is 46.5 Å². The van der Waals surface area contributed by atoms with E-state index in [-0.39, 0.29) is 11.7 Å². The van der Waals surface area contributed by atoms with Gasteiger partial charge in [-0.2, -0.15) is 0 Å². The zero-order valence-corrected chi connectivity index (χ0v) is 11.5. The molecule has 0 fully saturated rings. The van der Waals surface area contributed by atoms with Gasteiger partial charge in [-0.3, -0.25) is 4.79 Å². The van der Waals surface area contributed by atoms with Gasteiger partial charge in [0.1, 0.15) is 5.82 Å². The molecule has 100 valence electrons. The summed E-state index contributed by atoms with van der Waals surface area (Å²) >= 11 is 0. The third kappa shape index (κ3) is 3.83. The van der Waals surface area contributed by atoms with Gasteiger partial charge in [0.25, 0.3) is 0 Å². The normalized spacial score (nSPS) is 10.4. The molecule has 0 aliphatic carbocycles. The van der Waals surface area contributed by atoms with Gasteiger partial charge < -0.3 is 4.90 Å². The molecule has 0 aromatic heterocycles. The van der Waals surface area contributed by atoms with Crippen LogP contribution in [0.1, 0.15) is 45.1 Å². The second kappa shape index (κ2) is 7.14. The minimum Gasteiger partial charge on any atom is -0.312 e. The number of amides is 1. The van der Waals surface area contributed by atoms with E-state index < -0.39 is 0 Å². The van der Waals surface area contributed by atoms with Gasteiger partial charge >= 0.3 is 0 Å². The standard InChI is InChI=1S/C15H22FNO/c1-4-6-10-17(15(18)7-5-2)13-8-9-14(16)12(3)11-13/h8-9,11H,4-7,10H2,1-3H3. The number of unbranched alkanes of at least 4 members (excludes halogenated alkanes) is 1. The lowest BCUT2D eigenvalue weighted by Gasteiger charge is -2.23. The van der Waals surface area contributed by atoms with Crippen molar-refractivity contribution in [3.63, 3.8) is 0 Å². The Kier molecular flexibility index (Phi) is 5.83. The Hall–Kier alpha value is -1.38. The Bertz CT molecular complexity index is 403. The Balaban J connectivity index is 2.93. The summed E-state index contributed by atoms with van der Waals surface area (Å²) < 4.78 is 13.3. The second-order valence-corrected chi connectivity index (χ2v) is 4.58. The summed E-state index contributed by atoms with van der Waals surface area (Å²) in [7, 11) is 0. The van der Waals surface area contributed by atoms with Crippen LogP contribution in [0.2, 0.25) is 0 Å². The monoisotopic (exact) mass is 251 g/mol. The predicted octanol–water partition coefficient (Wildman–Crippen LogP) is 4.07. The van der Waals surface area contributed by atoms with E-state index in [2.05, 4.69) is 6.92 Å². The molecule has 0 aliphatic rings. The highest BCUT2D eigenvalue weighted by atomic mass is 19.1. The number of rotatable bonds is 6. The fourth-order valence-corrected chi connectivity index (χ4v) is 1.86. The number of aryl methyl sites for hydroxylation is 1. The van der Waals surface area contributed by atoms with Gasteiger partial charge in [0.2, 0.25) is 5.91 Å². The molecule has 0 heterocycles. The van der Waals surface area contributed by atoms with Gasteiger partial charge in [-0.25, -0.2) is 4.39 Å². The number of carbonyl (C=O) groups excluding carboxylic acids is 1. The van der Waals surface area contributed by atoms with E-state index in [1.54, 1.807) is 24.0 Å². The van der Waals surface area contributed by atoms with E-state index in [0.717, 1.165) is 24.9 Å². The first kappa shape index (κ1) is 14.7. The number of benzene rings is 1. The molecule has 0 radical (unpaired) electrons. The summed E-state index contributed by atoms with van der Waals surface area (Å²) in [5.41, 5.74) is 1.39. The van der Waals surface area contributed by atoms with Crippen LogP contribution in [0.3, 0.4) is 0 Å². The maximum atomic E-state index is 13.3. The first-order valence-corrected chi connectivity index (χ1v) is 6.66. The molecular weight excluding hydrogens is 229 g/mol. The summed E-state index contributed by atoms with van der Waals surface area (Å²) in [6, 6.07) is 4.87. The fourth-order valence-electron chi connectivity index (χ4n) is 1.86. The maximum Gasteiger partial charge on any atom is 0.226 e. The molecule has 0 bridgehead atoms. The number of carbonyl (C=O) groups is 1. The number of halogens is 1. The van der Waals surface area contributed by atoms with Crippen molar-refractivity contribution in [2.24, 2.45) is 0 Å². The molecular formula is C15H22FNO. The summed E-state index contributed by atoms with van der Waals surface area (Å²) in [6.07, 6.45) is 3.38. The fraction of sp³-hybridized carbons (Fsp3) is 0.533. The van der Waals surface area contributed by atoms with Gasteiger partial charge in [0, 0.05) is 18.7 Å². The Labute approximate surface area is 109 Å². The van der Waals surface area contributed by atoms with Crippen LogP contribution in [0.15, 0.2) is 18.2 Å². The SMILES string of the molecule is CCCCN(C(=O)CCC)c1ccc(F)c(C)c1. The summed E-state index contributed by atoms with van der Waals surface area (Å²) in [5, 5.41) is 0. The van der Waals surface area contributed by atoms with Crippen molar-refractivity contribution in [3.8, 4) is 0 Å². The van der Waals surface area contributed by atoms with Crippen LogP contribution >= 0.6 is 0 Å². The number of hydrogen-bond acceptors (Lipinski definition) is 1. The zero-order valence-electron chi connectivity index (χ0n) is 11.5. The second-order valence-electron chi connectivity index (χ2n) is 4.58. The van der Waals surface area contributed by atoms with Gasteiger partial charge in [0.05, 0.1) is 0 Å². The molecule has 0 aliphatic heterocycles. The van der Waals surface area contributed by atoms with Gasteiger partial charge in [-0.1, -0.05) is 20.3 Å². The third-order valence-corrected chi connectivity index (χ3v) is 2.95. The number of hydrogen-bond donors (Lipinski definition) is 0. The van der Waals surface area contributed by atoms with Crippen LogP contribution in [0.5, 0.6) is 0 Å². The Morgan fingerprint density at radius 3 is 2.56 bits per heavy atom. The van der Waals surface area contributed by atoms with Gasteiger partial charge in [-0.15, -0.1) is 0 Å². The van der Waals surface area contributed by atoms with Crippen molar-refractivity contribution < 1.29 is 9.18 Å². The lowest BCUT2D eigenvalue weighted by atomic mass is 10.1. The van der Waals surface area contributed by atoms with E-state index in [1.807, 2.05) is 6.92 Å². The molecule has 1 rings (SSSR count). The van der Waals surface area contributed by atoms with Crippen LogP contribution in [-0.2, 0) is 4.79 Å². The minimum absolute atomic E-state index is 0.122.